The molecule has 0 radical (unpaired) electrons. The summed E-state index contributed by atoms with van der Waals surface area (Å²) in [7, 11) is -2.99. The van der Waals surface area contributed by atoms with E-state index in [0.29, 0.717) is 25.4 Å². The monoisotopic (exact) mass is 274 g/mol. The van der Waals surface area contributed by atoms with Crippen LogP contribution < -0.4 is 5.73 Å². The molecule has 104 valence electrons. The fourth-order valence-electron chi connectivity index (χ4n) is 2.91. The maximum absolute atomic E-state index is 12.4. The van der Waals surface area contributed by atoms with Gasteiger partial charge >= 0.3 is 0 Å². The first kappa shape index (κ1) is 13.8. The molecule has 0 spiro atoms. The maximum atomic E-state index is 12.4. The maximum Gasteiger partial charge on any atom is 0.226 e. The molecule has 3 atom stereocenters. The Hall–Kier alpha value is -0.620. The van der Waals surface area contributed by atoms with Gasteiger partial charge in [0.15, 0.2) is 9.84 Å². The fraction of sp³-hybridized carbons (Fsp3) is 0.917. The normalized spacial score (nSPS) is 35.7. The van der Waals surface area contributed by atoms with Gasteiger partial charge in [-0.15, -0.1) is 0 Å². The molecule has 0 aromatic rings. The lowest BCUT2D eigenvalue weighted by Gasteiger charge is -2.39. The molecule has 1 amide bonds. The first-order valence-electron chi connectivity index (χ1n) is 6.64. The fourth-order valence-corrected chi connectivity index (χ4v) is 4.64. The predicted molar refractivity (Wildman–Crippen MR) is 69.7 cm³/mol. The van der Waals surface area contributed by atoms with Gasteiger partial charge in [0.2, 0.25) is 5.91 Å². The third-order valence-corrected chi connectivity index (χ3v) is 5.95. The second kappa shape index (κ2) is 5.17. The summed E-state index contributed by atoms with van der Waals surface area (Å²) in [6, 6.07) is 0.212. The largest absolute Gasteiger partial charge is 0.339 e. The van der Waals surface area contributed by atoms with Crippen molar-refractivity contribution >= 4 is 15.7 Å². The minimum atomic E-state index is -2.99. The van der Waals surface area contributed by atoms with Crippen molar-refractivity contribution < 1.29 is 13.2 Å². The molecule has 2 aliphatic heterocycles. The van der Waals surface area contributed by atoms with Crippen LogP contribution in [-0.4, -0.2) is 49.9 Å². The topological polar surface area (TPSA) is 80.5 Å². The summed E-state index contributed by atoms with van der Waals surface area (Å²) in [5.41, 5.74) is 5.67. The molecule has 0 saturated carbocycles. The van der Waals surface area contributed by atoms with E-state index in [0.717, 1.165) is 12.8 Å². The number of hydrogen-bond donors (Lipinski definition) is 1. The third-order valence-electron chi connectivity index (χ3n) is 4.18. The van der Waals surface area contributed by atoms with Crippen LogP contribution in [0, 0.1) is 11.8 Å². The number of amides is 1. The van der Waals surface area contributed by atoms with E-state index < -0.39 is 9.84 Å². The molecule has 0 aromatic carbocycles. The summed E-state index contributed by atoms with van der Waals surface area (Å²) in [4.78, 5) is 14.2. The molecule has 5 nitrogen and oxygen atoms in total. The van der Waals surface area contributed by atoms with Crippen LogP contribution in [0.5, 0.6) is 0 Å². The van der Waals surface area contributed by atoms with Crippen molar-refractivity contribution in [3.63, 3.8) is 0 Å². The zero-order valence-corrected chi connectivity index (χ0v) is 11.7. The highest BCUT2D eigenvalue weighted by Gasteiger charge is 2.38. The lowest BCUT2D eigenvalue weighted by molar-refractivity contribution is -0.139. The van der Waals surface area contributed by atoms with Gasteiger partial charge in [0.05, 0.1) is 17.4 Å². The number of nitrogens with zero attached hydrogens (tertiary/aromatic N) is 1. The molecule has 0 aliphatic carbocycles. The zero-order chi connectivity index (χ0) is 13.3. The highest BCUT2D eigenvalue weighted by molar-refractivity contribution is 7.91. The van der Waals surface area contributed by atoms with Crippen LogP contribution in [0.3, 0.4) is 0 Å². The van der Waals surface area contributed by atoms with Gasteiger partial charge in [-0.05, 0) is 38.6 Å². The number of piperidine rings is 1. The summed E-state index contributed by atoms with van der Waals surface area (Å²) in [5.74, 6) is 0.243. The van der Waals surface area contributed by atoms with E-state index in [4.69, 9.17) is 5.73 Å². The van der Waals surface area contributed by atoms with E-state index in [2.05, 4.69) is 0 Å². The van der Waals surface area contributed by atoms with Crippen molar-refractivity contribution in [2.45, 2.75) is 32.2 Å². The quantitative estimate of drug-likeness (QED) is 0.769. The lowest BCUT2D eigenvalue weighted by atomic mass is 9.92. The Balaban J connectivity index is 2.03. The molecular weight excluding hydrogens is 252 g/mol. The summed E-state index contributed by atoms with van der Waals surface area (Å²) in [6.45, 7) is 3.32. The van der Waals surface area contributed by atoms with Gasteiger partial charge in [-0.2, -0.15) is 0 Å². The van der Waals surface area contributed by atoms with Crippen molar-refractivity contribution in [2.75, 3.05) is 24.6 Å². The van der Waals surface area contributed by atoms with Gasteiger partial charge in [0, 0.05) is 12.6 Å². The van der Waals surface area contributed by atoms with Gasteiger partial charge in [0.25, 0.3) is 0 Å². The Bertz CT molecular complexity index is 421. The van der Waals surface area contributed by atoms with Gasteiger partial charge in [-0.3, -0.25) is 4.79 Å². The van der Waals surface area contributed by atoms with Gasteiger partial charge in [-0.25, -0.2) is 8.42 Å². The van der Waals surface area contributed by atoms with E-state index in [1.165, 1.54) is 0 Å². The zero-order valence-electron chi connectivity index (χ0n) is 10.8. The Kier molecular flexibility index (Phi) is 3.96. The first-order valence-corrected chi connectivity index (χ1v) is 8.46. The van der Waals surface area contributed by atoms with Crippen molar-refractivity contribution in [1.29, 1.82) is 0 Å². The van der Waals surface area contributed by atoms with E-state index in [1.807, 2.05) is 11.8 Å². The SMILES string of the molecule is CC1CCC(CN)CN1C(=O)C1CCS(=O)(=O)C1. The molecule has 2 heterocycles. The van der Waals surface area contributed by atoms with Crippen LogP contribution in [0.15, 0.2) is 0 Å². The number of nitrogens with two attached hydrogens (primary N) is 1. The molecule has 2 rings (SSSR count). The van der Waals surface area contributed by atoms with Gasteiger partial charge < -0.3 is 10.6 Å². The van der Waals surface area contributed by atoms with E-state index in [-0.39, 0.29) is 29.4 Å². The van der Waals surface area contributed by atoms with E-state index in [1.54, 1.807) is 0 Å². The Labute approximate surface area is 109 Å². The molecule has 0 bridgehead atoms. The van der Waals surface area contributed by atoms with Crippen molar-refractivity contribution in [1.82, 2.24) is 4.90 Å². The van der Waals surface area contributed by atoms with E-state index >= 15 is 0 Å². The third kappa shape index (κ3) is 2.85. The number of hydrogen-bond acceptors (Lipinski definition) is 4. The summed E-state index contributed by atoms with van der Waals surface area (Å²) in [6.07, 6.45) is 2.51. The number of carbonyl (C=O) groups excluding carboxylic acids is 1. The molecule has 2 fully saturated rings. The van der Waals surface area contributed by atoms with Gasteiger partial charge in [-0.1, -0.05) is 0 Å². The van der Waals surface area contributed by atoms with Crippen LogP contribution in [0.2, 0.25) is 0 Å². The van der Waals surface area contributed by atoms with Crippen molar-refractivity contribution in [3.8, 4) is 0 Å². The summed E-state index contributed by atoms with van der Waals surface area (Å²) >= 11 is 0. The predicted octanol–water partition coefficient (Wildman–Crippen LogP) is 0.00690. The van der Waals surface area contributed by atoms with Crippen molar-refractivity contribution in [2.24, 2.45) is 17.6 Å². The van der Waals surface area contributed by atoms with Crippen LogP contribution in [0.1, 0.15) is 26.2 Å². The van der Waals surface area contributed by atoms with Crippen molar-refractivity contribution in [3.05, 3.63) is 0 Å². The Morgan fingerprint density at radius 1 is 1.33 bits per heavy atom. The number of rotatable bonds is 2. The Morgan fingerprint density at radius 3 is 2.61 bits per heavy atom. The second-order valence-corrected chi connectivity index (χ2v) is 7.85. The highest BCUT2D eigenvalue weighted by atomic mass is 32.2. The minimum Gasteiger partial charge on any atom is -0.339 e. The molecule has 3 unspecified atom stereocenters. The summed E-state index contributed by atoms with van der Waals surface area (Å²) < 4.78 is 22.9. The average Bonchev–Trinajstić information content (AvgIpc) is 2.69. The minimum absolute atomic E-state index is 0.0155. The molecule has 18 heavy (non-hydrogen) atoms. The van der Waals surface area contributed by atoms with Crippen LogP contribution >= 0.6 is 0 Å². The van der Waals surface area contributed by atoms with Crippen LogP contribution in [0.25, 0.3) is 0 Å². The number of sulfone groups is 1. The smallest absolute Gasteiger partial charge is 0.226 e. The average molecular weight is 274 g/mol. The number of likely N-dealkylation sites (tertiary alicyclic amines) is 1. The summed E-state index contributed by atoms with van der Waals surface area (Å²) in [5, 5.41) is 0. The van der Waals surface area contributed by atoms with Crippen LogP contribution in [0.4, 0.5) is 0 Å². The van der Waals surface area contributed by atoms with Gasteiger partial charge in [0.1, 0.15) is 0 Å². The number of carbonyl (C=O) groups is 1. The highest BCUT2D eigenvalue weighted by Crippen LogP contribution is 2.27. The molecule has 0 aromatic heterocycles. The standard InChI is InChI=1S/C12H22N2O3S/c1-9-2-3-10(6-13)7-14(9)12(15)11-4-5-18(16,17)8-11/h9-11H,2-8,13H2,1H3. The lowest BCUT2D eigenvalue weighted by Crippen LogP contribution is -2.49. The molecular formula is C12H22N2O3S. The first-order chi connectivity index (χ1) is 8.43. The molecule has 2 aliphatic rings. The van der Waals surface area contributed by atoms with Crippen LogP contribution in [-0.2, 0) is 14.6 Å². The molecule has 2 N–H and O–H groups in total. The second-order valence-electron chi connectivity index (χ2n) is 5.62. The Morgan fingerprint density at radius 2 is 2.06 bits per heavy atom. The molecule has 6 heteroatoms. The molecule has 2 saturated heterocycles. The van der Waals surface area contributed by atoms with E-state index in [9.17, 15) is 13.2 Å².